The number of allylic oxidation sites excluding steroid dienone is 1. The third-order valence-corrected chi connectivity index (χ3v) is 5.17. The van der Waals surface area contributed by atoms with Gasteiger partial charge in [-0.15, -0.1) is 0 Å². The molecule has 0 heterocycles. The Morgan fingerprint density at radius 3 is 2.62 bits per heavy atom. The average Bonchev–Trinajstić information content (AvgIpc) is 2.95. The molecule has 0 radical (unpaired) electrons. The topological polar surface area (TPSA) is 0 Å². The van der Waals surface area contributed by atoms with Crippen LogP contribution in [0.15, 0.2) is 40.9 Å². The van der Waals surface area contributed by atoms with Gasteiger partial charge >= 0.3 is 0 Å². The molecule has 21 heavy (non-hydrogen) atoms. The van der Waals surface area contributed by atoms with Crippen molar-refractivity contribution in [2.24, 2.45) is 0 Å². The lowest BCUT2D eigenvalue weighted by Crippen LogP contribution is -1.95. The van der Waals surface area contributed by atoms with Crippen molar-refractivity contribution in [2.45, 2.75) is 39.5 Å². The molecule has 2 aromatic carbocycles. The van der Waals surface area contributed by atoms with Gasteiger partial charge in [-0.05, 0) is 65.6 Å². The van der Waals surface area contributed by atoms with Crippen LogP contribution in [0, 0.1) is 6.92 Å². The lowest BCUT2D eigenvalue weighted by molar-refractivity contribution is 0.795. The summed E-state index contributed by atoms with van der Waals surface area (Å²) in [5.74, 6) is 0. The van der Waals surface area contributed by atoms with E-state index in [1.165, 1.54) is 57.1 Å². The first kappa shape index (κ1) is 14.6. The van der Waals surface area contributed by atoms with Crippen molar-refractivity contribution in [3.05, 3.63) is 63.1 Å². The van der Waals surface area contributed by atoms with E-state index in [4.69, 9.17) is 0 Å². The number of hydrogen-bond donors (Lipinski definition) is 0. The molecule has 0 unspecified atom stereocenters. The maximum absolute atomic E-state index is 3.71. The van der Waals surface area contributed by atoms with E-state index in [1.54, 1.807) is 0 Å². The van der Waals surface area contributed by atoms with E-state index in [2.05, 4.69) is 72.3 Å². The van der Waals surface area contributed by atoms with Crippen LogP contribution in [0.3, 0.4) is 0 Å². The van der Waals surface area contributed by atoms with Crippen LogP contribution in [-0.4, -0.2) is 0 Å². The van der Waals surface area contributed by atoms with Crippen molar-refractivity contribution < 1.29 is 0 Å². The van der Waals surface area contributed by atoms with Crippen molar-refractivity contribution in [3.63, 3.8) is 0 Å². The molecule has 0 fully saturated rings. The molecule has 0 nitrogen and oxygen atoms in total. The van der Waals surface area contributed by atoms with Gasteiger partial charge in [0.15, 0.2) is 0 Å². The van der Waals surface area contributed by atoms with E-state index in [0.29, 0.717) is 0 Å². The Bertz CT molecular complexity index is 678. The molecule has 108 valence electrons. The van der Waals surface area contributed by atoms with E-state index in [-0.39, 0.29) is 0 Å². The van der Waals surface area contributed by atoms with Crippen LogP contribution in [0.25, 0.3) is 17.2 Å². The number of unbranched alkanes of at least 4 members (excludes halogenated alkanes) is 1. The zero-order chi connectivity index (χ0) is 14.8. The Morgan fingerprint density at radius 1 is 1.14 bits per heavy atom. The number of rotatable bonds is 4. The van der Waals surface area contributed by atoms with Crippen molar-refractivity contribution in [3.8, 4) is 11.1 Å². The SMILES string of the molecule is CCCCc1ccc(-c2c(C)c(Br)cc3c2CC=C3)cc1. The molecule has 1 heteroatoms. The number of fused-ring (bicyclic) bond motifs is 1. The first-order valence-electron chi connectivity index (χ1n) is 7.78. The monoisotopic (exact) mass is 340 g/mol. The number of halogens is 1. The Labute approximate surface area is 136 Å². The summed E-state index contributed by atoms with van der Waals surface area (Å²) in [4.78, 5) is 0. The molecule has 0 saturated heterocycles. The number of aryl methyl sites for hydroxylation is 1. The fourth-order valence-electron chi connectivity index (χ4n) is 3.10. The van der Waals surface area contributed by atoms with E-state index in [1.807, 2.05) is 0 Å². The smallest absolute Gasteiger partial charge is 0.0216 e. The van der Waals surface area contributed by atoms with Crippen molar-refractivity contribution >= 4 is 22.0 Å². The van der Waals surface area contributed by atoms with Gasteiger partial charge in [0.25, 0.3) is 0 Å². The van der Waals surface area contributed by atoms with Crippen LogP contribution in [0.5, 0.6) is 0 Å². The van der Waals surface area contributed by atoms with E-state index >= 15 is 0 Å². The summed E-state index contributed by atoms with van der Waals surface area (Å²) < 4.78 is 1.21. The second kappa shape index (κ2) is 6.19. The molecule has 0 aliphatic heterocycles. The lowest BCUT2D eigenvalue weighted by Gasteiger charge is -2.15. The van der Waals surface area contributed by atoms with E-state index in [0.717, 1.165) is 6.42 Å². The molecule has 0 N–H and O–H groups in total. The second-order valence-electron chi connectivity index (χ2n) is 5.83. The summed E-state index contributed by atoms with van der Waals surface area (Å²) >= 11 is 3.71. The molecule has 0 saturated carbocycles. The highest BCUT2D eigenvalue weighted by atomic mass is 79.9. The fourth-order valence-corrected chi connectivity index (χ4v) is 3.55. The van der Waals surface area contributed by atoms with Crippen LogP contribution >= 0.6 is 15.9 Å². The molecule has 0 spiro atoms. The molecule has 3 rings (SSSR count). The minimum absolute atomic E-state index is 1.05. The minimum Gasteiger partial charge on any atom is -0.0795 e. The normalized spacial score (nSPS) is 12.7. The Kier molecular flexibility index (Phi) is 4.30. The van der Waals surface area contributed by atoms with Gasteiger partial charge in [0.05, 0.1) is 0 Å². The highest BCUT2D eigenvalue weighted by Gasteiger charge is 2.16. The van der Waals surface area contributed by atoms with Crippen LogP contribution in [-0.2, 0) is 12.8 Å². The zero-order valence-electron chi connectivity index (χ0n) is 12.7. The third kappa shape index (κ3) is 2.85. The summed E-state index contributed by atoms with van der Waals surface area (Å²) in [7, 11) is 0. The maximum Gasteiger partial charge on any atom is 0.0216 e. The summed E-state index contributed by atoms with van der Waals surface area (Å²) in [5, 5.41) is 0. The zero-order valence-corrected chi connectivity index (χ0v) is 14.3. The van der Waals surface area contributed by atoms with Gasteiger partial charge in [-0.2, -0.15) is 0 Å². The largest absolute Gasteiger partial charge is 0.0795 e. The quantitative estimate of drug-likeness (QED) is 0.609. The van der Waals surface area contributed by atoms with Crippen LogP contribution in [0.2, 0.25) is 0 Å². The minimum atomic E-state index is 1.05. The second-order valence-corrected chi connectivity index (χ2v) is 6.69. The van der Waals surface area contributed by atoms with Gasteiger partial charge in [-0.1, -0.05) is 65.7 Å². The van der Waals surface area contributed by atoms with Crippen molar-refractivity contribution in [2.75, 3.05) is 0 Å². The first-order valence-corrected chi connectivity index (χ1v) is 8.58. The lowest BCUT2D eigenvalue weighted by atomic mass is 9.91. The van der Waals surface area contributed by atoms with Gasteiger partial charge in [-0.25, -0.2) is 0 Å². The van der Waals surface area contributed by atoms with Crippen molar-refractivity contribution in [1.82, 2.24) is 0 Å². The Morgan fingerprint density at radius 2 is 1.90 bits per heavy atom. The Hall–Kier alpha value is -1.34. The molecule has 1 aliphatic carbocycles. The van der Waals surface area contributed by atoms with Crippen LogP contribution in [0.1, 0.15) is 42.0 Å². The van der Waals surface area contributed by atoms with Gasteiger partial charge in [0.1, 0.15) is 0 Å². The molecule has 0 atom stereocenters. The van der Waals surface area contributed by atoms with E-state index in [9.17, 15) is 0 Å². The molecule has 2 aromatic rings. The number of hydrogen-bond acceptors (Lipinski definition) is 0. The predicted molar refractivity (Wildman–Crippen MR) is 95.7 cm³/mol. The van der Waals surface area contributed by atoms with Gasteiger partial charge in [-0.3, -0.25) is 0 Å². The van der Waals surface area contributed by atoms with Crippen LogP contribution in [0.4, 0.5) is 0 Å². The highest BCUT2D eigenvalue weighted by molar-refractivity contribution is 9.10. The Balaban J connectivity index is 2.01. The average molecular weight is 341 g/mol. The van der Waals surface area contributed by atoms with Gasteiger partial charge in [0, 0.05) is 4.47 Å². The first-order chi connectivity index (χ1) is 10.2. The molecule has 0 aromatic heterocycles. The molecular weight excluding hydrogens is 320 g/mol. The summed E-state index contributed by atoms with van der Waals surface area (Å²) in [6, 6.07) is 11.4. The predicted octanol–water partition coefficient (Wildman–Crippen LogP) is 6.34. The molecular formula is C20H21Br. The molecule has 0 bridgehead atoms. The standard InChI is InChI=1S/C20H21Br/c1-3-4-6-15-9-11-16(12-10-15)20-14(2)19(21)13-17-7-5-8-18(17)20/h5,7,9-13H,3-4,6,8H2,1-2H3. The van der Waals surface area contributed by atoms with E-state index < -0.39 is 0 Å². The summed E-state index contributed by atoms with van der Waals surface area (Å²) in [5.41, 5.74) is 8.37. The fraction of sp³-hybridized carbons (Fsp3) is 0.300. The number of benzene rings is 2. The third-order valence-electron chi connectivity index (χ3n) is 4.35. The molecule has 0 amide bonds. The van der Waals surface area contributed by atoms with Crippen LogP contribution < -0.4 is 0 Å². The van der Waals surface area contributed by atoms with Gasteiger partial charge < -0.3 is 0 Å². The highest BCUT2D eigenvalue weighted by Crippen LogP contribution is 2.38. The maximum atomic E-state index is 3.71. The molecule has 1 aliphatic rings. The van der Waals surface area contributed by atoms with Crippen molar-refractivity contribution in [1.29, 1.82) is 0 Å². The summed E-state index contributed by atoms with van der Waals surface area (Å²) in [6.07, 6.45) is 9.26. The summed E-state index contributed by atoms with van der Waals surface area (Å²) in [6.45, 7) is 4.46. The van der Waals surface area contributed by atoms with Gasteiger partial charge in [0.2, 0.25) is 0 Å².